The predicted molar refractivity (Wildman–Crippen MR) is 65.4 cm³/mol. The highest BCUT2D eigenvalue weighted by Crippen LogP contribution is 2.24. The molecule has 0 unspecified atom stereocenters. The summed E-state index contributed by atoms with van der Waals surface area (Å²) in [5.74, 6) is 1.96. The van der Waals surface area contributed by atoms with Crippen LogP contribution in [0.5, 0.6) is 11.5 Å². The monoisotopic (exact) mass is 232 g/mol. The van der Waals surface area contributed by atoms with Crippen molar-refractivity contribution in [3.63, 3.8) is 0 Å². The van der Waals surface area contributed by atoms with Crippen LogP contribution in [0.4, 0.5) is 0 Å². The van der Waals surface area contributed by atoms with Crippen molar-refractivity contribution in [3.05, 3.63) is 42.0 Å². The molecule has 2 rings (SSSR count). The van der Waals surface area contributed by atoms with E-state index in [-0.39, 0.29) is 5.75 Å². The molecular formula is C13H16N2O2. The fourth-order valence-corrected chi connectivity index (χ4v) is 1.80. The number of imidazole rings is 1. The number of aromatic hydroxyl groups is 1. The van der Waals surface area contributed by atoms with Crippen LogP contribution in [0.1, 0.15) is 18.3 Å². The van der Waals surface area contributed by atoms with E-state index in [1.165, 1.54) is 0 Å². The van der Waals surface area contributed by atoms with Gasteiger partial charge in [-0.3, -0.25) is 0 Å². The Labute approximate surface area is 100 Å². The first-order valence-electron chi connectivity index (χ1n) is 5.60. The van der Waals surface area contributed by atoms with Gasteiger partial charge in [0, 0.05) is 30.9 Å². The molecule has 2 aromatic rings. The second-order valence-electron chi connectivity index (χ2n) is 3.80. The van der Waals surface area contributed by atoms with E-state index in [9.17, 15) is 5.11 Å². The van der Waals surface area contributed by atoms with Gasteiger partial charge in [0.25, 0.3) is 0 Å². The van der Waals surface area contributed by atoms with Gasteiger partial charge < -0.3 is 14.4 Å². The number of nitrogens with zero attached hydrogens (tertiary/aromatic N) is 2. The van der Waals surface area contributed by atoms with Crippen LogP contribution in [0.2, 0.25) is 0 Å². The zero-order valence-corrected chi connectivity index (χ0v) is 10.1. The Balaban J connectivity index is 2.29. The molecule has 17 heavy (non-hydrogen) atoms. The molecule has 0 fully saturated rings. The smallest absolute Gasteiger partial charge is 0.119 e. The molecule has 0 aliphatic rings. The Morgan fingerprint density at radius 1 is 1.41 bits per heavy atom. The third kappa shape index (κ3) is 2.41. The number of rotatable bonds is 4. The average Bonchev–Trinajstić information content (AvgIpc) is 2.79. The van der Waals surface area contributed by atoms with Crippen molar-refractivity contribution in [2.75, 3.05) is 7.11 Å². The summed E-state index contributed by atoms with van der Waals surface area (Å²) in [7, 11) is 1.61. The topological polar surface area (TPSA) is 47.3 Å². The molecule has 1 heterocycles. The van der Waals surface area contributed by atoms with Crippen molar-refractivity contribution in [3.8, 4) is 11.5 Å². The maximum atomic E-state index is 9.80. The number of hydrogen-bond acceptors (Lipinski definition) is 3. The first-order chi connectivity index (χ1) is 8.24. The van der Waals surface area contributed by atoms with Crippen LogP contribution in [0.25, 0.3) is 0 Å². The lowest BCUT2D eigenvalue weighted by molar-refractivity contribution is 0.411. The van der Waals surface area contributed by atoms with Crippen LogP contribution in [0.3, 0.4) is 0 Å². The van der Waals surface area contributed by atoms with Gasteiger partial charge in [-0.05, 0) is 25.1 Å². The van der Waals surface area contributed by atoms with E-state index in [2.05, 4.69) is 16.5 Å². The summed E-state index contributed by atoms with van der Waals surface area (Å²) >= 11 is 0. The van der Waals surface area contributed by atoms with Gasteiger partial charge in [0.2, 0.25) is 0 Å². The molecular weight excluding hydrogens is 216 g/mol. The molecule has 0 saturated carbocycles. The normalized spacial score (nSPS) is 10.5. The third-order valence-electron chi connectivity index (χ3n) is 2.78. The zero-order valence-electron chi connectivity index (χ0n) is 10.1. The summed E-state index contributed by atoms with van der Waals surface area (Å²) in [5, 5.41) is 9.80. The third-order valence-corrected chi connectivity index (χ3v) is 2.78. The molecule has 0 aliphatic carbocycles. The number of hydrogen-bond donors (Lipinski definition) is 1. The summed E-state index contributed by atoms with van der Waals surface area (Å²) in [4.78, 5) is 4.29. The van der Waals surface area contributed by atoms with Crippen LogP contribution in [-0.2, 0) is 13.0 Å². The van der Waals surface area contributed by atoms with E-state index < -0.39 is 0 Å². The summed E-state index contributed by atoms with van der Waals surface area (Å²) < 4.78 is 7.20. The molecule has 0 radical (unpaired) electrons. The van der Waals surface area contributed by atoms with Crippen LogP contribution >= 0.6 is 0 Å². The number of phenols is 1. The fraction of sp³-hybridized carbons (Fsp3) is 0.308. The highest BCUT2D eigenvalue weighted by atomic mass is 16.5. The van der Waals surface area contributed by atoms with Crippen LogP contribution in [0.15, 0.2) is 30.6 Å². The van der Waals surface area contributed by atoms with Gasteiger partial charge >= 0.3 is 0 Å². The second kappa shape index (κ2) is 4.91. The predicted octanol–water partition coefficient (Wildman–Crippen LogP) is 2.21. The minimum absolute atomic E-state index is 0.274. The van der Waals surface area contributed by atoms with Crippen LogP contribution < -0.4 is 4.74 Å². The van der Waals surface area contributed by atoms with Gasteiger partial charge in [-0.15, -0.1) is 0 Å². The van der Waals surface area contributed by atoms with Crippen molar-refractivity contribution in [1.29, 1.82) is 0 Å². The number of aryl methyl sites for hydroxylation is 1. The van der Waals surface area contributed by atoms with E-state index in [0.717, 1.165) is 23.7 Å². The van der Waals surface area contributed by atoms with Gasteiger partial charge in [-0.25, -0.2) is 4.98 Å². The average molecular weight is 232 g/mol. The molecule has 90 valence electrons. The lowest BCUT2D eigenvalue weighted by Gasteiger charge is -2.08. The van der Waals surface area contributed by atoms with Gasteiger partial charge in [0.1, 0.15) is 17.3 Å². The summed E-state index contributed by atoms with van der Waals surface area (Å²) in [6.07, 6.45) is 4.31. The summed E-state index contributed by atoms with van der Waals surface area (Å²) in [6, 6.07) is 5.22. The zero-order chi connectivity index (χ0) is 12.3. The Morgan fingerprint density at radius 3 is 2.94 bits per heavy atom. The maximum Gasteiger partial charge on any atom is 0.119 e. The minimum atomic E-state index is 0.274. The molecule has 0 aliphatic heterocycles. The standard InChI is InChI=1S/C13H16N2O2/c1-3-15-7-6-14-13(15)9-10-8-11(17-2)4-5-12(10)16/h4-8,16H,3,9H2,1-2H3. The Hall–Kier alpha value is -1.97. The Morgan fingerprint density at radius 2 is 2.24 bits per heavy atom. The summed E-state index contributed by atoms with van der Waals surface area (Å²) in [6.45, 7) is 2.94. The Bertz CT molecular complexity index is 506. The van der Waals surface area contributed by atoms with Crippen molar-refractivity contribution in [2.45, 2.75) is 19.9 Å². The highest BCUT2D eigenvalue weighted by Gasteiger charge is 2.08. The van der Waals surface area contributed by atoms with Gasteiger partial charge in [-0.1, -0.05) is 0 Å². The number of benzene rings is 1. The maximum absolute atomic E-state index is 9.80. The highest BCUT2D eigenvalue weighted by molar-refractivity contribution is 5.40. The largest absolute Gasteiger partial charge is 0.508 e. The SMILES string of the molecule is CCn1ccnc1Cc1cc(OC)ccc1O. The van der Waals surface area contributed by atoms with E-state index >= 15 is 0 Å². The fourth-order valence-electron chi connectivity index (χ4n) is 1.80. The van der Waals surface area contributed by atoms with Crippen LogP contribution in [-0.4, -0.2) is 21.8 Å². The number of methoxy groups -OCH3 is 1. The number of aromatic nitrogens is 2. The Kier molecular flexibility index (Phi) is 3.32. The molecule has 4 nitrogen and oxygen atoms in total. The lowest BCUT2D eigenvalue weighted by Crippen LogP contribution is -2.02. The van der Waals surface area contributed by atoms with Gasteiger partial charge in [0.15, 0.2) is 0 Å². The van der Waals surface area contributed by atoms with Gasteiger partial charge in [0.05, 0.1) is 7.11 Å². The molecule has 4 heteroatoms. The second-order valence-corrected chi connectivity index (χ2v) is 3.80. The molecule has 0 spiro atoms. The van der Waals surface area contributed by atoms with E-state index in [1.807, 2.05) is 12.3 Å². The van der Waals surface area contributed by atoms with Crippen molar-refractivity contribution in [2.24, 2.45) is 0 Å². The van der Waals surface area contributed by atoms with E-state index in [0.29, 0.717) is 6.42 Å². The minimum Gasteiger partial charge on any atom is -0.508 e. The number of ether oxygens (including phenoxy) is 1. The first kappa shape index (κ1) is 11.5. The lowest BCUT2D eigenvalue weighted by atomic mass is 10.1. The van der Waals surface area contributed by atoms with Crippen LogP contribution in [0, 0.1) is 0 Å². The molecule has 0 atom stereocenters. The first-order valence-corrected chi connectivity index (χ1v) is 5.60. The number of phenolic OH excluding ortho intramolecular Hbond substituents is 1. The molecule has 0 amide bonds. The van der Waals surface area contributed by atoms with Gasteiger partial charge in [-0.2, -0.15) is 0 Å². The van der Waals surface area contributed by atoms with Crippen molar-refractivity contribution in [1.82, 2.24) is 9.55 Å². The summed E-state index contributed by atoms with van der Waals surface area (Å²) in [5.41, 5.74) is 0.824. The molecule has 1 aromatic heterocycles. The molecule has 0 saturated heterocycles. The molecule has 1 N–H and O–H groups in total. The van der Waals surface area contributed by atoms with E-state index in [4.69, 9.17) is 4.74 Å². The van der Waals surface area contributed by atoms with E-state index in [1.54, 1.807) is 25.4 Å². The van der Waals surface area contributed by atoms with Crippen molar-refractivity contribution >= 4 is 0 Å². The quantitative estimate of drug-likeness (QED) is 0.879. The molecule has 1 aromatic carbocycles. The molecule has 0 bridgehead atoms. The van der Waals surface area contributed by atoms with Crippen molar-refractivity contribution < 1.29 is 9.84 Å².